The third-order valence-corrected chi connectivity index (χ3v) is 3.67. The SMILES string of the molecule is Cc1cc(Sc2ccc(Cl)cn2)ccc1/C(N)=N/O. The molecule has 0 aliphatic heterocycles. The highest BCUT2D eigenvalue weighted by Crippen LogP contribution is 2.28. The van der Waals surface area contributed by atoms with Crippen LogP contribution in [0.1, 0.15) is 11.1 Å². The van der Waals surface area contributed by atoms with Crippen LogP contribution in [0.25, 0.3) is 0 Å². The summed E-state index contributed by atoms with van der Waals surface area (Å²) in [6.07, 6.45) is 1.61. The van der Waals surface area contributed by atoms with E-state index in [9.17, 15) is 0 Å². The summed E-state index contributed by atoms with van der Waals surface area (Å²) in [5, 5.41) is 13.2. The number of oxime groups is 1. The maximum Gasteiger partial charge on any atom is 0.170 e. The second-order valence-electron chi connectivity index (χ2n) is 3.88. The number of nitrogens with two attached hydrogens (primary N) is 1. The molecule has 6 heteroatoms. The van der Waals surface area contributed by atoms with Crippen molar-refractivity contribution >= 4 is 29.2 Å². The van der Waals surface area contributed by atoms with E-state index in [0.717, 1.165) is 21.0 Å². The Labute approximate surface area is 120 Å². The van der Waals surface area contributed by atoms with Crippen LogP contribution < -0.4 is 5.73 Å². The average molecular weight is 294 g/mol. The maximum absolute atomic E-state index is 8.68. The van der Waals surface area contributed by atoms with E-state index < -0.39 is 0 Å². The molecule has 2 aromatic rings. The molecule has 0 radical (unpaired) electrons. The molecule has 0 amide bonds. The van der Waals surface area contributed by atoms with E-state index in [1.54, 1.807) is 12.3 Å². The number of halogens is 1. The van der Waals surface area contributed by atoms with E-state index in [-0.39, 0.29) is 5.84 Å². The molecule has 0 aliphatic carbocycles. The first kappa shape index (κ1) is 13.7. The molecule has 0 spiro atoms. The number of aromatic nitrogens is 1. The molecule has 0 saturated heterocycles. The van der Waals surface area contributed by atoms with E-state index in [0.29, 0.717) is 5.02 Å². The van der Waals surface area contributed by atoms with Crippen molar-refractivity contribution in [3.8, 4) is 0 Å². The first-order valence-electron chi connectivity index (χ1n) is 5.48. The molecule has 98 valence electrons. The van der Waals surface area contributed by atoms with Gasteiger partial charge >= 0.3 is 0 Å². The summed E-state index contributed by atoms with van der Waals surface area (Å²) in [6.45, 7) is 1.91. The lowest BCUT2D eigenvalue weighted by Crippen LogP contribution is -2.14. The van der Waals surface area contributed by atoms with Gasteiger partial charge in [0.15, 0.2) is 5.84 Å². The zero-order valence-corrected chi connectivity index (χ0v) is 11.7. The van der Waals surface area contributed by atoms with E-state index in [4.69, 9.17) is 22.5 Å². The molecule has 0 atom stereocenters. The quantitative estimate of drug-likeness (QED) is 0.394. The summed E-state index contributed by atoms with van der Waals surface area (Å²) in [5.41, 5.74) is 7.24. The van der Waals surface area contributed by atoms with Gasteiger partial charge in [-0.05, 0) is 42.8 Å². The topological polar surface area (TPSA) is 71.5 Å². The smallest absolute Gasteiger partial charge is 0.170 e. The van der Waals surface area contributed by atoms with Crippen LogP contribution in [0.15, 0.2) is 51.6 Å². The summed E-state index contributed by atoms with van der Waals surface area (Å²) in [5.74, 6) is 0.110. The van der Waals surface area contributed by atoms with Crippen LogP contribution in [-0.4, -0.2) is 16.0 Å². The van der Waals surface area contributed by atoms with Crippen LogP contribution in [0.2, 0.25) is 5.02 Å². The predicted molar refractivity (Wildman–Crippen MR) is 77.1 cm³/mol. The van der Waals surface area contributed by atoms with Crippen LogP contribution in [0.3, 0.4) is 0 Å². The standard InChI is InChI=1S/C13H12ClN3OS/c1-8-6-10(3-4-11(8)13(15)17-18)19-12-5-2-9(14)7-16-12/h2-7,18H,1H3,(H2,15,17). The minimum atomic E-state index is 0.110. The Kier molecular flexibility index (Phi) is 4.29. The van der Waals surface area contributed by atoms with Gasteiger partial charge in [0.25, 0.3) is 0 Å². The summed E-state index contributed by atoms with van der Waals surface area (Å²) in [6, 6.07) is 9.35. The van der Waals surface area contributed by atoms with Gasteiger partial charge in [0, 0.05) is 16.7 Å². The molecule has 0 aliphatic rings. The van der Waals surface area contributed by atoms with Crippen LogP contribution >= 0.6 is 23.4 Å². The first-order chi connectivity index (χ1) is 9.10. The van der Waals surface area contributed by atoms with Crippen molar-refractivity contribution in [2.24, 2.45) is 10.9 Å². The molecule has 0 bridgehead atoms. The van der Waals surface area contributed by atoms with Gasteiger partial charge in [0.2, 0.25) is 0 Å². The number of pyridine rings is 1. The number of rotatable bonds is 3. The van der Waals surface area contributed by atoms with Gasteiger partial charge in [-0.15, -0.1) is 0 Å². The largest absolute Gasteiger partial charge is 0.409 e. The number of nitrogens with zero attached hydrogens (tertiary/aromatic N) is 2. The van der Waals surface area contributed by atoms with Crippen LogP contribution in [-0.2, 0) is 0 Å². The van der Waals surface area contributed by atoms with E-state index in [1.807, 2.05) is 31.2 Å². The normalized spacial score (nSPS) is 11.6. The molecule has 19 heavy (non-hydrogen) atoms. The number of hydrogen-bond donors (Lipinski definition) is 2. The highest BCUT2D eigenvalue weighted by molar-refractivity contribution is 7.99. The lowest BCUT2D eigenvalue weighted by atomic mass is 10.1. The lowest BCUT2D eigenvalue weighted by Gasteiger charge is -2.06. The molecular weight excluding hydrogens is 282 g/mol. The Hall–Kier alpha value is -1.72. The van der Waals surface area contributed by atoms with E-state index >= 15 is 0 Å². The van der Waals surface area contributed by atoms with Gasteiger partial charge in [0.1, 0.15) is 5.03 Å². The average Bonchev–Trinajstić information content (AvgIpc) is 2.41. The second-order valence-corrected chi connectivity index (χ2v) is 5.41. The lowest BCUT2D eigenvalue weighted by molar-refractivity contribution is 0.318. The number of aryl methyl sites for hydroxylation is 1. The third kappa shape index (κ3) is 3.39. The van der Waals surface area contributed by atoms with Crippen LogP contribution in [0.4, 0.5) is 0 Å². The molecule has 3 N–H and O–H groups in total. The maximum atomic E-state index is 8.68. The van der Waals surface area contributed by atoms with Gasteiger partial charge in [-0.25, -0.2) is 4.98 Å². The van der Waals surface area contributed by atoms with Crippen LogP contribution in [0, 0.1) is 6.92 Å². The fourth-order valence-corrected chi connectivity index (χ4v) is 2.55. The van der Waals surface area contributed by atoms with E-state index in [2.05, 4.69) is 10.1 Å². The summed E-state index contributed by atoms with van der Waals surface area (Å²) in [7, 11) is 0. The van der Waals surface area contributed by atoms with Gasteiger partial charge in [-0.1, -0.05) is 28.5 Å². The zero-order chi connectivity index (χ0) is 13.8. The monoisotopic (exact) mass is 293 g/mol. The van der Waals surface area contributed by atoms with Crippen molar-refractivity contribution < 1.29 is 5.21 Å². The van der Waals surface area contributed by atoms with Gasteiger partial charge < -0.3 is 10.9 Å². The van der Waals surface area contributed by atoms with Crippen molar-refractivity contribution in [1.29, 1.82) is 0 Å². The Bertz CT molecular complexity index is 614. The Balaban J connectivity index is 2.23. The number of hydrogen-bond acceptors (Lipinski definition) is 4. The fourth-order valence-electron chi connectivity index (χ4n) is 1.58. The molecule has 0 unspecified atom stereocenters. The molecule has 0 saturated carbocycles. The molecule has 1 aromatic heterocycles. The Morgan fingerprint density at radius 2 is 2.16 bits per heavy atom. The molecule has 1 heterocycles. The fraction of sp³-hybridized carbons (Fsp3) is 0.0769. The Morgan fingerprint density at radius 1 is 1.37 bits per heavy atom. The van der Waals surface area contributed by atoms with E-state index in [1.165, 1.54) is 11.8 Å². The van der Waals surface area contributed by atoms with Crippen molar-refractivity contribution in [2.75, 3.05) is 0 Å². The van der Waals surface area contributed by atoms with Crippen molar-refractivity contribution in [3.63, 3.8) is 0 Å². The predicted octanol–water partition coefficient (Wildman–Crippen LogP) is 3.29. The van der Waals surface area contributed by atoms with Crippen molar-refractivity contribution in [3.05, 3.63) is 52.7 Å². The van der Waals surface area contributed by atoms with Crippen LogP contribution in [0.5, 0.6) is 0 Å². The number of amidine groups is 1. The molecule has 1 aromatic carbocycles. The second kappa shape index (κ2) is 5.95. The zero-order valence-electron chi connectivity index (χ0n) is 10.2. The summed E-state index contributed by atoms with van der Waals surface area (Å²) >= 11 is 7.31. The first-order valence-corrected chi connectivity index (χ1v) is 6.67. The minimum absolute atomic E-state index is 0.110. The molecule has 2 rings (SSSR count). The van der Waals surface area contributed by atoms with Crippen molar-refractivity contribution in [2.45, 2.75) is 16.8 Å². The van der Waals surface area contributed by atoms with Crippen molar-refractivity contribution in [1.82, 2.24) is 4.98 Å². The van der Waals surface area contributed by atoms with Gasteiger partial charge in [-0.2, -0.15) is 0 Å². The van der Waals surface area contributed by atoms with Gasteiger partial charge in [-0.3, -0.25) is 0 Å². The van der Waals surface area contributed by atoms with Gasteiger partial charge in [0.05, 0.1) is 5.02 Å². The molecular formula is C13H12ClN3OS. The number of benzene rings is 1. The Morgan fingerprint density at radius 3 is 2.74 bits per heavy atom. The highest BCUT2D eigenvalue weighted by atomic mass is 35.5. The minimum Gasteiger partial charge on any atom is -0.409 e. The third-order valence-electron chi connectivity index (χ3n) is 2.50. The highest BCUT2D eigenvalue weighted by Gasteiger charge is 2.06. The molecule has 0 fully saturated rings. The molecule has 4 nitrogen and oxygen atoms in total. The summed E-state index contributed by atoms with van der Waals surface area (Å²) < 4.78 is 0. The summed E-state index contributed by atoms with van der Waals surface area (Å²) in [4.78, 5) is 5.25.